The van der Waals surface area contributed by atoms with Gasteiger partial charge >= 0.3 is 0 Å². The van der Waals surface area contributed by atoms with E-state index in [0.717, 1.165) is 11.1 Å². The molecule has 0 aliphatic heterocycles. The smallest absolute Gasteiger partial charge is 0.234 e. The Labute approximate surface area is 202 Å². The molecule has 6 nitrogen and oxygen atoms in total. The van der Waals surface area contributed by atoms with Crippen LogP contribution in [0.4, 0.5) is 5.69 Å². The van der Waals surface area contributed by atoms with Crippen LogP contribution in [-0.2, 0) is 11.3 Å². The van der Waals surface area contributed by atoms with Gasteiger partial charge in [0, 0.05) is 22.3 Å². The fourth-order valence-electron chi connectivity index (χ4n) is 3.01. The van der Waals surface area contributed by atoms with Crippen molar-refractivity contribution in [2.24, 2.45) is 0 Å². The third-order valence-corrected chi connectivity index (χ3v) is 6.54. The molecule has 1 N–H and O–H groups in total. The van der Waals surface area contributed by atoms with E-state index in [4.69, 9.17) is 27.9 Å². The molecule has 0 aliphatic carbocycles. The molecule has 9 heteroatoms. The summed E-state index contributed by atoms with van der Waals surface area (Å²) in [6.07, 6.45) is 1.39. The van der Waals surface area contributed by atoms with Crippen molar-refractivity contribution in [2.45, 2.75) is 38.6 Å². The van der Waals surface area contributed by atoms with Gasteiger partial charge in [0.05, 0.1) is 5.75 Å². The molecule has 1 unspecified atom stereocenters. The summed E-state index contributed by atoms with van der Waals surface area (Å²) >= 11 is 13.5. The number of hydrogen-bond donors (Lipinski definition) is 1. The summed E-state index contributed by atoms with van der Waals surface area (Å²) in [6.45, 7) is 10.00. The highest BCUT2D eigenvalue weighted by Crippen LogP contribution is 2.28. The Kier molecular flexibility index (Phi) is 8.23. The minimum Gasteiger partial charge on any atom is -0.483 e. The zero-order valence-electron chi connectivity index (χ0n) is 18.1. The first-order valence-corrected chi connectivity index (χ1v) is 11.7. The maximum Gasteiger partial charge on any atom is 0.234 e. The maximum atomic E-state index is 12.5. The molecule has 0 aliphatic rings. The molecule has 3 aromatic rings. The Morgan fingerprint density at radius 2 is 2.03 bits per heavy atom. The molecule has 0 radical (unpaired) electrons. The fraction of sp³-hybridized carbons (Fsp3) is 0.261. The topological polar surface area (TPSA) is 69.0 Å². The van der Waals surface area contributed by atoms with Crippen molar-refractivity contribution < 1.29 is 9.53 Å². The van der Waals surface area contributed by atoms with Crippen molar-refractivity contribution in [2.75, 3.05) is 11.1 Å². The Bertz CT molecular complexity index is 1130. The maximum absolute atomic E-state index is 12.5. The van der Waals surface area contributed by atoms with Crippen molar-refractivity contribution in [3.05, 3.63) is 76.0 Å². The van der Waals surface area contributed by atoms with Crippen molar-refractivity contribution >= 4 is 46.6 Å². The Morgan fingerprint density at radius 1 is 1.25 bits per heavy atom. The fourth-order valence-corrected chi connectivity index (χ4v) is 4.06. The first-order valence-electron chi connectivity index (χ1n) is 9.94. The molecule has 1 heterocycles. The highest BCUT2D eigenvalue weighted by atomic mass is 35.5. The van der Waals surface area contributed by atoms with Crippen LogP contribution < -0.4 is 10.1 Å². The van der Waals surface area contributed by atoms with Crippen molar-refractivity contribution in [1.29, 1.82) is 0 Å². The van der Waals surface area contributed by atoms with Gasteiger partial charge in [0.1, 0.15) is 5.75 Å². The van der Waals surface area contributed by atoms with Crippen molar-refractivity contribution in [1.82, 2.24) is 14.8 Å². The lowest BCUT2D eigenvalue weighted by Crippen LogP contribution is -2.16. The van der Waals surface area contributed by atoms with Crippen LogP contribution in [0.25, 0.3) is 0 Å². The molecule has 0 saturated heterocycles. The largest absolute Gasteiger partial charge is 0.483 e. The Morgan fingerprint density at radius 3 is 2.75 bits per heavy atom. The van der Waals surface area contributed by atoms with E-state index in [2.05, 4.69) is 22.1 Å². The lowest BCUT2D eigenvalue weighted by atomic mass is 10.2. The number of allylic oxidation sites excluding steroid dienone is 1. The highest BCUT2D eigenvalue weighted by molar-refractivity contribution is 7.99. The SMILES string of the molecule is C=CCn1c(SCC(=O)Nc2cccc(Cl)c2C)nnc1C(C)Oc1ccc(Cl)c(C)c1. The highest BCUT2D eigenvalue weighted by Gasteiger charge is 2.20. The monoisotopic (exact) mass is 490 g/mol. The second-order valence-corrected chi connectivity index (χ2v) is 8.92. The predicted octanol–water partition coefficient (Wildman–Crippen LogP) is 6.26. The van der Waals surface area contributed by atoms with Gasteiger partial charge < -0.3 is 10.1 Å². The minimum atomic E-state index is -0.361. The second-order valence-electron chi connectivity index (χ2n) is 7.16. The van der Waals surface area contributed by atoms with Gasteiger partial charge in [-0.25, -0.2) is 0 Å². The van der Waals surface area contributed by atoms with Crippen LogP contribution in [0.2, 0.25) is 10.0 Å². The standard InChI is InChI=1S/C23H24Cl2N4O2S/c1-5-11-29-22(16(4)31-17-9-10-18(24)14(2)12-17)27-28-23(29)32-13-21(30)26-20-8-6-7-19(25)15(20)3/h5-10,12,16H,1,11,13H2,2-4H3,(H,26,30). The molecule has 0 saturated carbocycles. The number of nitrogens with one attached hydrogen (secondary N) is 1. The number of thioether (sulfide) groups is 1. The third-order valence-electron chi connectivity index (χ3n) is 4.74. The number of aromatic nitrogens is 3. The minimum absolute atomic E-state index is 0.156. The summed E-state index contributed by atoms with van der Waals surface area (Å²) < 4.78 is 7.94. The molecule has 0 bridgehead atoms. The van der Waals surface area contributed by atoms with Gasteiger partial charge in [-0.2, -0.15) is 0 Å². The lowest BCUT2D eigenvalue weighted by Gasteiger charge is -2.16. The van der Waals surface area contributed by atoms with E-state index in [0.29, 0.717) is 39.0 Å². The van der Waals surface area contributed by atoms with Crippen LogP contribution >= 0.6 is 35.0 Å². The number of benzene rings is 2. The van der Waals surface area contributed by atoms with E-state index >= 15 is 0 Å². The van der Waals surface area contributed by atoms with E-state index in [-0.39, 0.29) is 17.8 Å². The number of hydrogen-bond acceptors (Lipinski definition) is 5. The van der Waals surface area contributed by atoms with E-state index in [1.54, 1.807) is 24.3 Å². The van der Waals surface area contributed by atoms with Gasteiger partial charge in [0.15, 0.2) is 17.1 Å². The zero-order chi connectivity index (χ0) is 23.3. The molecule has 0 spiro atoms. The molecular formula is C23H24Cl2N4O2S. The normalized spacial score (nSPS) is 11.8. The summed E-state index contributed by atoms with van der Waals surface area (Å²) in [5, 5.41) is 13.4. The van der Waals surface area contributed by atoms with Crippen LogP contribution in [0.5, 0.6) is 5.75 Å². The number of rotatable bonds is 9. The van der Waals surface area contributed by atoms with Gasteiger partial charge in [-0.3, -0.25) is 9.36 Å². The molecule has 1 amide bonds. The number of anilines is 1. The van der Waals surface area contributed by atoms with Crippen molar-refractivity contribution in [3.8, 4) is 5.75 Å². The average Bonchev–Trinajstić information content (AvgIpc) is 3.15. The molecule has 168 valence electrons. The van der Waals surface area contributed by atoms with E-state index in [9.17, 15) is 4.79 Å². The number of carbonyl (C=O) groups excluding carboxylic acids is 1. The summed E-state index contributed by atoms with van der Waals surface area (Å²) in [5.74, 6) is 1.35. The summed E-state index contributed by atoms with van der Waals surface area (Å²) in [5.41, 5.74) is 2.45. The number of carbonyl (C=O) groups is 1. The Balaban J connectivity index is 1.69. The summed E-state index contributed by atoms with van der Waals surface area (Å²) in [7, 11) is 0. The van der Waals surface area contributed by atoms with Crippen LogP contribution in [0.3, 0.4) is 0 Å². The quantitative estimate of drug-likeness (QED) is 0.283. The van der Waals surface area contributed by atoms with Gasteiger partial charge in [-0.1, -0.05) is 47.1 Å². The van der Waals surface area contributed by atoms with Crippen LogP contribution in [0, 0.1) is 13.8 Å². The van der Waals surface area contributed by atoms with E-state index < -0.39 is 0 Å². The van der Waals surface area contributed by atoms with Gasteiger partial charge in [0.25, 0.3) is 0 Å². The van der Waals surface area contributed by atoms with Crippen LogP contribution in [-0.4, -0.2) is 26.4 Å². The molecule has 0 fully saturated rings. The van der Waals surface area contributed by atoms with Crippen molar-refractivity contribution in [3.63, 3.8) is 0 Å². The number of halogens is 2. The van der Waals surface area contributed by atoms with Gasteiger partial charge in [-0.15, -0.1) is 16.8 Å². The number of aryl methyl sites for hydroxylation is 1. The van der Waals surface area contributed by atoms with Crippen LogP contribution in [0.15, 0.2) is 54.2 Å². The number of amides is 1. The summed E-state index contributed by atoms with van der Waals surface area (Å²) in [6, 6.07) is 10.9. The number of ether oxygens (including phenoxy) is 1. The van der Waals surface area contributed by atoms with Gasteiger partial charge in [-0.05, 0) is 62.2 Å². The molecule has 3 rings (SSSR count). The Hall–Kier alpha value is -2.48. The average molecular weight is 491 g/mol. The second kappa shape index (κ2) is 10.9. The van der Waals surface area contributed by atoms with Gasteiger partial charge in [0.2, 0.25) is 5.91 Å². The lowest BCUT2D eigenvalue weighted by molar-refractivity contribution is -0.113. The van der Waals surface area contributed by atoms with Crippen LogP contribution in [0.1, 0.15) is 30.0 Å². The summed E-state index contributed by atoms with van der Waals surface area (Å²) in [4.78, 5) is 12.5. The first kappa shape index (κ1) is 24.2. The molecule has 1 aromatic heterocycles. The molecule has 32 heavy (non-hydrogen) atoms. The molecular weight excluding hydrogens is 467 g/mol. The molecule has 1 atom stereocenters. The number of nitrogens with zero attached hydrogens (tertiary/aromatic N) is 3. The zero-order valence-corrected chi connectivity index (χ0v) is 20.4. The first-order chi connectivity index (χ1) is 15.3. The molecule has 2 aromatic carbocycles. The van der Waals surface area contributed by atoms with E-state index in [1.807, 2.05) is 43.5 Å². The predicted molar refractivity (Wildman–Crippen MR) is 131 cm³/mol. The third kappa shape index (κ3) is 5.85. The van der Waals surface area contributed by atoms with E-state index in [1.165, 1.54) is 11.8 Å².